The third-order valence-electron chi connectivity index (χ3n) is 4.20. The van der Waals surface area contributed by atoms with Gasteiger partial charge in [0.05, 0.1) is 12.8 Å². The zero-order valence-corrected chi connectivity index (χ0v) is 16.0. The van der Waals surface area contributed by atoms with E-state index in [4.69, 9.17) is 14.6 Å². The summed E-state index contributed by atoms with van der Waals surface area (Å²) in [5.41, 5.74) is 4.87. The molecule has 0 amide bonds. The second kappa shape index (κ2) is 8.90. The molecule has 0 bridgehead atoms. The van der Waals surface area contributed by atoms with Gasteiger partial charge in [0.2, 0.25) is 0 Å². The summed E-state index contributed by atoms with van der Waals surface area (Å²) in [5.74, 6) is 0.0970. The van der Waals surface area contributed by atoms with Crippen LogP contribution in [0.25, 0.3) is 22.6 Å². The summed E-state index contributed by atoms with van der Waals surface area (Å²) in [6, 6.07) is 17.7. The van der Waals surface area contributed by atoms with E-state index in [2.05, 4.69) is 10.1 Å². The van der Waals surface area contributed by atoms with E-state index < -0.39 is 5.97 Å². The van der Waals surface area contributed by atoms with E-state index in [1.807, 2.05) is 67.7 Å². The topological polar surface area (TPSA) is 73.7 Å². The number of carbonyl (C=O) groups excluding carboxylic acids is 1. The number of aryl methyl sites for hydroxylation is 1. The average molecular weight is 375 g/mol. The van der Waals surface area contributed by atoms with Gasteiger partial charge < -0.3 is 9.57 Å². The molecule has 0 saturated heterocycles. The fourth-order valence-corrected chi connectivity index (χ4v) is 2.85. The molecule has 3 rings (SSSR count). The molecule has 1 heterocycles. The van der Waals surface area contributed by atoms with Crippen LogP contribution in [0.4, 0.5) is 0 Å². The lowest BCUT2D eigenvalue weighted by molar-refractivity contribution is -0.133. The van der Waals surface area contributed by atoms with Gasteiger partial charge in [0, 0.05) is 23.7 Å². The minimum atomic E-state index is -0.523. The third-order valence-corrected chi connectivity index (χ3v) is 4.20. The number of methoxy groups -OCH3 is 1. The van der Waals surface area contributed by atoms with Crippen LogP contribution in [0.3, 0.4) is 0 Å². The van der Waals surface area contributed by atoms with Crippen LogP contribution in [-0.4, -0.2) is 35.9 Å². The van der Waals surface area contributed by atoms with Gasteiger partial charge in [-0.15, -0.1) is 0 Å². The molecule has 2 aromatic carbocycles. The number of ether oxygens (including phenoxy) is 1. The SMILES string of the molecule is CO/N=C(/Cc1cccc(-c2ncc(C)c(-c3ccccc3)n2)c1)C(=O)OC. The van der Waals surface area contributed by atoms with Crippen molar-refractivity contribution in [2.45, 2.75) is 13.3 Å². The number of aromatic nitrogens is 2. The maximum Gasteiger partial charge on any atom is 0.356 e. The maximum absolute atomic E-state index is 11.8. The van der Waals surface area contributed by atoms with E-state index in [0.717, 1.165) is 27.9 Å². The summed E-state index contributed by atoms with van der Waals surface area (Å²) in [7, 11) is 2.71. The van der Waals surface area contributed by atoms with E-state index in [0.29, 0.717) is 5.82 Å². The standard InChI is InChI=1S/C22H21N3O3/c1-15-14-23-21(24-20(15)17-9-5-4-6-10-17)18-11-7-8-16(12-18)13-19(25-28-3)22(26)27-2/h4-12,14H,13H2,1-3H3/b25-19-. The third kappa shape index (κ3) is 4.40. The lowest BCUT2D eigenvalue weighted by atomic mass is 10.0. The number of benzene rings is 2. The van der Waals surface area contributed by atoms with E-state index in [1.54, 1.807) is 0 Å². The van der Waals surface area contributed by atoms with Gasteiger partial charge in [0.15, 0.2) is 11.5 Å². The Morgan fingerprint density at radius 2 is 1.79 bits per heavy atom. The number of hydrogen-bond acceptors (Lipinski definition) is 6. The zero-order valence-electron chi connectivity index (χ0n) is 16.0. The number of esters is 1. The van der Waals surface area contributed by atoms with Crippen molar-refractivity contribution in [2.75, 3.05) is 14.2 Å². The predicted molar refractivity (Wildman–Crippen MR) is 108 cm³/mol. The molecule has 0 fully saturated rings. The van der Waals surface area contributed by atoms with E-state index >= 15 is 0 Å². The predicted octanol–water partition coefficient (Wildman–Crippen LogP) is 3.84. The first-order chi connectivity index (χ1) is 13.6. The van der Waals surface area contributed by atoms with E-state index in [9.17, 15) is 4.79 Å². The molecular weight excluding hydrogens is 354 g/mol. The lowest BCUT2D eigenvalue weighted by Gasteiger charge is -2.09. The summed E-state index contributed by atoms with van der Waals surface area (Å²) in [4.78, 5) is 25.8. The molecule has 0 N–H and O–H groups in total. The Bertz CT molecular complexity index is 1000. The number of hydrogen-bond donors (Lipinski definition) is 0. The van der Waals surface area contributed by atoms with Gasteiger partial charge in [0.1, 0.15) is 7.11 Å². The van der Waals surface area contributed by atoms with Crippen molar-refractivity contribution >= 4 is 11.7 Å². The maximum atomic E-state index is 11.8. The van der Waals surface area contributed by atoms with Gasteiger partial charge in [-0.3, -0.25) is 0 Å². The van der Waals surface area contributed by atoms with Crippen LogP contribution in [0.15, 0.2) is 65.9 Å². The highest BCUT2D eigenvalue weighted by atomic mass is 16.6. The fourth-order valence-electron chi connectivity index (χ4n) is 2.85. The molecule has 0 atom stereocenters. The van der Waals surface area contributed by atoms with Crippen LogP contribution < -0.4 is 0 Å². The Kier molecular flexibility index (Phi) is 6.11. The van der Waals surface area contributed by atoms with Crippen molar-refractivity contribution in [1.29, 1.82) is 0 Å². The largest absolute Gasteiger partial charge is 0.464 e. The van der Waals surface area contributed by atoms with Gasteiger partial charge in [0.25, 0.3) is 0 Å². The minimum absolute atomic E-state index is 0.192. The summed E-state index contributed by atoms with van der Waals surface area (Å²) >= 11 is 0. The summed E-state index contributed by atoms with van der Waals surface area (Å²) in [6.07, 6.45) is 2.11. The molecule has 3 aromatic rings. The van der Waals surface area contributed by atoms with Crippen molar-refractivity contribution in [3.63, 3.8) is 0 Å². The van der Waals surface area contributed by atoms with Crippen molar-refractivity contribution < 1.29 is 14.4 Å². The van der Waals surface area contributed by atoms with Crippen LogP contribution in [0, 0.1) is 6.92 Å². The molecule has 1 aromatic heterocycles. The van der Waals surface area contributed by atoms with Gasteiger partial charge in [-0.05, 0) is 24.1 Å². The van der Waals surface area contributed by atoms with Crippen LogP contribution in [0.5, 0.6) is 0 Å². The Balaban J connectivity index is 1.94. The lowest BCUT2D eigenvalue weighted by Crippen LogP contribution is -2.18. The van der Waals surface area contributed by atoms with Gasteiger partial charge in [-0.2, -0.15) is 0 Å². The molecule has 0 aliphatic carbocycles. The van der Waals surface area contributed by atoms with Crippen molar-refractivity contribution in [3.8, 4) is 22.6 Å². The first-order valence-electron chi connectivity index (χ1n) is 8.79. The molecule has 28 heavy (non-hydrogen) atoms. The number of nitrogens with zero attached hydrogens (tertiary/aromatic N) is 3. The molecule has 0 aliphatic heterocycles. The van der Waals surface area contributed by atoms with Crippen molar-refractivity contribution in [2.24, 2.45) is 5.16 Å². The van der Waals surface area contributed by atoms with Gasteiger partial charge in [-0.1, -0.05) is 53.7 Å². The monoisotopic (exact) mass is 375 g/mol. The molecule has 6 heteroatoms. The summed E-state index contributed by atoms with van der Waals surface area (Å²) in [5, 5.41) is 3.77. The van der Waals surface area contributed by atoms with Crippen molar-refractivity contribution in [1.82, 2.24) is 9.97 Å². The van der Waals surface area contributed by atoms with Crippen molar-refractivity contribution in [3.05, 3.63) is 71.9 Å². The van der Waals surface area contributed by atoms with Crippen LogP contribution in [-0.2, 0) is 20.8 Å². The van der Waals surface area contributed by atoms with E-state index in [-0.39, 0.29) is 12.1 Å². The van der Waals surface area contributed by atoms with Crippen LogP contribution >= 0.6 is 0 Å². The van der Waals surface area contributed by atoms with Crippen LogP contribution in [0.1, 0.15) is 11.1 Å². The Morgan fingerprint density at radius 3 is 2.50 bits per heavy atom. The van der Waals surface area contributed by atoms with E-state index in [1.165, 1.54) is 14.2 Å². The molecule has 0 radical (unpaired) electrons. The highest BCUT2D eigenvalue weighted by Crippen LogP contribution is 2.24. The smallest absolute Gasteiger partial charge is 0.356 e. The minimum Gasteiger partial charge on any atom is -0.464 e. The molecule has 0 unspecified atom stereocenters. The zero-order chi connectivity index (χ0) is 19.9. The molecule has 0 aliphatic rings. The average Bonchev–Trinajstić information content (AvgIpc) is 2.74. The highest BCUT2D eigenvalue weighted by Gasteiger charge is 2.15. The second-order valence-corrected chi connectivity index (χ2v) is 6.18. The molecule has 142 valence electrons. The second-order valence-electron chi connectivity index (χ2n) is 6.18. The first-order valence-corrected chi connectivity index (χ1v) is 8.79. The number of oxime groups is 1. The number of rotatable bonds is 6. The van der Waals surface area contributed by atoms with Gasteiger partial charge in [-0.25, -0.2) is 14.8 Å². The Hall–Kier alpha value is -3.54. The summed E-state index contributed by atoms with van der Waals surface area (Å²) < 4.78 is 4.76. The molecule has 0 spiro atoms. The molecule has 0 saturated carbocycles. The normalized spacial score (nSPS) is 11.2. The quantitative estimate of drug-likeness (QED) is 0.372. The highest BCUT2D eigenvalue weighted by molar-refractivity contribution is 6.36. The first kappa shape index (κ1) is 19.2. The molecule has 6 nitrogen and oxygen atoms in total. The molecular formula is C22H21N3O3. The van der Waals surface area contributed by atoms with Gasteiger partial charge >= 0.3 is 5.97 Å². The Morgan fingerprint density at radius 1 is 1.04 bits per heavy atom. The number of carbonyl (C=O) groups is 1. The summed E-state index contributed by atoms with van der Waals surface area (Å²) in [6.45, 7) is 1.99. The fraction of sp³-hybridized carbons (Fsp3) is 0.182. The van der Waals surface area contributed by atoms with Crippen LogP contribution in [0.2, 0.25) is 0 Å². The Labute approximate surface area is 163 Å².